The van der Waals surface area contributed by atoms with Crippen molar-refractivity contribution in [1.82, 2.24) is 0 Å². The van der Waals surface area contributed by atoms with Crippen LogP contribution in [0.3, 0.4) is 0 Å². The van der Waals surface area contributed by atoms with Crippen LogP contribution in [0, 0.1) is 6.92 Å². The molecule has 0 unspecified atom stereocenters. The number of aryl methyl sites for hydroxylation is 1. The summed E-state index contributed by atoms with van der Waals surface area (Å²) in [5, 5.41) is 0. The van der Waals surface area contributed by atoms with Crippen molar-refractivity contribution in [2.24, 2.45) is 0 Å². The highest BCUT2D eigenvalue weighted by atomic mass is 16.5. The van der Waals surface area contributed by atoms with Gasteiger partial charge in [-0.05, 0) is 47.7 Å². The highest BCUT2D eigenvalue weighted by molar-refractivity contribution is 5.87. The van der Waals surface area contributed by atoms with Crippen LogP contribution in [0.1, 0.15) is 34.7 Å². The quantitative estimate of drug-likeness (QED) is 0.351. The number of hydrogen-bond acceptors (Lipinski definition) is 1. The highest BCUT2D eigenvalue weighted by Crippen LogP contribution is 2.54. The summed E-state index contributed by atoms with van der Waals surface area (Å²) in [7, 11) is 0. The van der Waals surface area contributed by atoms with Crippen LogP contribution in [0.2, 0.25) is 0 Å². The number of ether oxygens (including phenoxy) is 1. The molecule has 6 rings (SSSR count). The number of fused-ring (bicyclic) bond motifs is 4. The molecule has 0 bridgehead atoms. The van der Waals surface area contributed by atoms with Gasteiger partial charge in [0.25, 0.3) is 6.73 Å². The Labute approximate surface area is 183 Å². The van der Waals surface area contributed by atoms with Crippen LogP contribution in [-0.2, 0) is 5.41 Å². The third kappa shape index (κ3) is 2.61. The molecule has 1 heterocycles. The minimum absolute atomic E-state index is 0.258. The summed E-state index contributed by atoms with van der Waals surface area (Å²) in [6, 6.07) is 32.5. The van der Waals surface area contributed by atoms with Gasteiger partial charge in [-0.3, -0.25) is 0 Å². The summed E-state index contributed by atoms with van der Waals surface area (Å²) in [4.78, 5) is 0. The van der Waals surface area contributed by atoms with Crippen molar-refractivity contribution in [1.29, 1.82) is 0 Å². The van der Waals surface area contributed by atoms with Gasteiger partial charge >= 0.3 is 0 Å². The molecule has 4 aromatic rings. The van der Waals surface area contributed by atoms with Crippen molar-refractivity contribution in [3.05, 3.63) is 119 Å². The van der Waals surface area contributed by atoms with Crippen molar-refractivity contribution >= 4 is 11.9 Å². The van der Waals surface area contributed by atoms with E-state index in [1.165, 1.54) is 33.4 Å². The molecule has 1 aliphatic carbocycles. The minimum atomic E-state index is -0.258. The SMILES string of the molecule is Cc1cc2c(c(C3(C)c4ccccc4-c4ccccc43)c1)OC[N+](c1ccccc1)=C2. The summed E-state index contributed by atoms with van der Waals surface area (Å²) in [5.74, 6) is 0.992. The Morgan fingerprint density at radius 2 is 1.35 bits per heavy atom. The Kier molecular flexibility index (Phi) is 3.91. The summed E-state index contributed by atoms with van der Waals surface area (Å²) >= 11 is 0. The first-order valence-corrected chi connectivity index (χ1v) is 10.8. The average molecular weight is 403 g/mol. The Morgan fingerprint density at radius 1 is 0.742 bits per heavy atom. The lowest BCUT2D eigenvalue weighted by Crippen LogP contribution is -2.28. The van der Waals surface area contributed by atoms with E-state index >= 15 is 0 Å². The van der Waals surface area contributed by atoms with Gasteiger partial charge in [0.05, 0.1) is 5.56 Å². The zero-order valence-corrected chi connectivity index (χ0v) is 17.8. The van der Waals surface area contributed by atoms with Crippen LogP contribution in [0.15, 0.2) is 91.0 Å². The number of benzene rings is 4. The molecule has 2 nitrogen and oxygen atoms in total. The van der Waals surface area contributed by atoms with Crippen LogP contribution in [0.4, 0.5) is 5.69 Å². The molecule has 31 heavy (non-hydrogen) atoms. The maximum Gasteiger partial charge on any atom is 0.292 e. The minimum Gasteiger partial charge on any atom is -0.435 e. The Hall–Kier alpha value is -3.65. The Morgan fingerprint density at radius 3 is 2.03 bits per heavy atom. The van der Waals surface area contributed by atoms with Crippen molar-refractivity contribution in [2.75, 3.05) is 6.73 Å². The maximum absolute atomic E-state index is 6.48. The molecule has 0 amide bonds. The molecule has 0 radical (unpaired) electrons. The van der Waals surface area contributed by atoms with Crippen molar-refractivity contribution in [3.63, 3.8) is 0 Å². The van der Waals surface area contributed by atoms with Crippen molar-refractivity contribution < 1.29 is 9.31 Å². The predicted octanol–water partition coefficient (Wildman–Crippen LogP) is 6.44. The van der Waals surface area contributed by atoms with Gasteiger partial charge in [0.15, 0.2) is 6.21 Å². The second kappa shape index (κ2) is 6.68. The zero-order valence-electron chi connectivity index (χ0n) is 17.8. The van der Waals surface area contributed by atoms with Gasteiger partial charge in [-0.15, -0.1) is 0 Å². The molecule has 0 aromatic heterocycles. The normalized spacial score (nSPS) is 15.4. The molecule has 2 aliphatic rings. The second-order valence-electron chi connectivity index (χ2n) is 8.65. The largest absolute Gasteiger partial charge is 0.435 e. The Balaban J connectivity index is 1.60. The van der Waals surface area contributed by atoms with Crippen molar-refractivity contribution in [3.8, 4) is 16.9 Å². The lowest BCUT2D eigenvalue weighted by molar-refractivity contribution is -0.476. The van der Waals surface area contributed by atoms with Gasteiger partial charge in [0.1, 0.15) is 5.75 Å². The molecule has 0 atom stereocenters. The molecule has 0 spiro atoms. The summed E-state index contributed by atoms with van der Waals surface area (Å²) in [6.07, 6.45) is 2.22. The summed E-state index contributed by atoms with van der Waals surface area (Å²) < 4.78 is 8.65. The van der Waals surface area contributed by atoms with Gasteiger partial charge < -0.3 is 4.74 Å². The van der Waals surface area contributed by atoms with Gasteiger partial charge in [-0.25, -0.2) is 0 Å². The van der Waals surface area contributed by atoms with E-state index in [4.69, 9.17) is 4.74 Å². The number of nitrogens with zero attached hydrogens (tertiary/aromatic N) is 1. The molecule has 150 valence electrons. The molecular weight excluding hydrogens is 378 g/mol. The molecule has 0 saturated heterocycles. The van der Waals surface area contributed by atoms with Gasteiger partial charge in [-0.2, -0.15) is 4.58 Å². The standard InChI is InChI=1S/C29H24NO/c1-20-16-21-18-30(22-10-4-3-5-11-22)19-31-28(21)27(17-20)29(2)25-14-8-6-12-23(25)24-13-7-9-15-26(24)29/h3-18H,19H2,1-2H3/q+1. The van der Waals surface area contributed by atoms with E-state index in [2.05, 4.69) is 110 Å². The first-order chi connectivity index (χ1) is 15.2. The van der Waals surface area contributed by atoms with Gasteiger partial charge in [0.2, 0.25) is 5.69 Å². The molecule has 0 saturated carbocycles. The van der Waals surface area contributed by atoms with E-state index in [0.29, 0.717) is 6.73 Å². The van der Waals surface area contributed by atoms with Crippen LogP contribution in [0.25, 0.3) is 11.1 Å². The predicted molar refractivity (Wildman–Crippen MR) is 126 cm³/mol. The molecule has 0 N–H and O–H groups in total. The third-order valence-electron chi connectivity index (χ3n) is 6.75. The van der Waals surface area contributed by atoms with Crippen LogP contribution in [-0.4, -0.2) is 17.5 Å². The van der Waals surface area contributed by atoms with E-state index in [9.17, 15) is 0 Å². The fraction of sp³-hybridized carbons (Fsp3) is 0.138. The van der Waals surface area contributed by atoms with E-state index < -0.39 is 0 Å². The fourth-order valence-corrected chi connectivity index (χ4v) is 5.28. The third-order valence-corrected chi connectivity index (χ3v) is 6.75. The van der Waals surface area contributed by atoms with Crippen LogP contribution >= 0.6 is 0 Å². The van der Waals surface area contributed by atoms with Crippen LogP contribution < -0.4 is 4.74 Å². The summed E-state index contributed by atoms with van der Waals surface area (Å²) in [6.45, 7) is 5.03. The molecule has 1 aliphatic heterocycles. The summed E-state index contributed by atoms with van der Waals surface area (Å²) in [5.41, 5.74) is 9.83. The topological polar surface area (TPSA) is 12.2 Å². The van der Waals surface area contributed by atoms with E-state index in [1.54, 1.807) is 0 Å². The second-order valence-corrected chi connectivity index (χ2v) is 8.65. The van der Waals surface area contributed by atoms with E-state index in [-0.39, 0.29) is 5.41 Å². The smallest absolute Gasteiger partial charge is 0.292 e. The first kappa shape index (κ1) is 18.1. The van der Waals surface area contributed by atoms with E-state index in [1.807, 2.05) is 6.07 Å². The van der Waals surface area contributed by atoms with Crippen LogP contribution in [0.5, 0.6) is 5.75 Å². The lowest BCUT2D eigenvalue weighted by atomic mass is 9.73. The Bertz CT molecular complexity index is 1310. The number of hydrogen-bond donors (Lipinski definition) is 0. The van der Waals surface area contributed by atoms with Gasteiger partial charge in [-0.1, -0.05) is 72.8 Å². The number of rotatable bonds is 2. The van der Waals surface area contributed by atoms with E-state index in [0.717, 1.165) is 17.0 Å². The average Bonchev–Trinajstić information content (AvgIpc) is 3.08. The van der Waals surface area contributed by atoms with Crippen molar-refractivity contribution in [2.45, 2.75) is 19.3 Å². The fourth-order valence-electron chi connectivity index (χ4n) is 5.28. The molecular formula is C29H24NO+. The molecule has 2 heteroatoms. The monoisotopic (exact) mass is 402 g/mol. The number of para-hydroxylation sites is 1. The lowest BCUT2D eigenvalue weighted by Gasteiger charge is -2.31. The zero-order chi connectivity index (χ0) is 21.0. The first-order valence-electron chi connectivity index (χ1n) is 10.8. The maximum atomic E-state index is 6.48. The molecule has 0 fully saturated rings. The highest BCUT2D eigenvalue weighted by Gasteiger charge is 2.43. The van der Waals surface area contributed by atoms with Gasteiger partial charge in [0, 0.05) is 23.1 Å². The molecule has 4 aromatic carbocycles.